The molecule has 12 nitrogen and oxygen atoms in total. The lowest BCUT2D eigenvalue weighted by Gasteiger charge is -2.26. The zero-order chi connectivity index (χ0) is 44.3. The fourth-order valence-electron chi connectivity index (χ4n) is 8.91. The molecule has 3 heterocycles. The number of carbonyl (C=O) groups is 1. The molecule has 0 unspecified atom stereocenters. The second kappa shape index (κ2) is 14.8. The second-order valence-electron chi connectivity index (χ2n) is 17.5. The maximum absolute atomic E-state index is 15.5. The standard InChI is InChI=1S/C42H43F6N7O5S2/c1-41(2,61(57,58)25-8-9-25)14-13-24-7-12-27(28-5-4-6-29-37(28)54(3)52-40(29)53-62(59,60)26-10-11-26)35(49-24)32(17-21-15-22(43)18-23(44)16-21)50-33(56)20-55-38-34(36(51-55)39(45)46)30-19-31(30)42(38,47)48/h4-7,12,15-16,18,25-26,30-32,39H,8-11,13-14,17,19-20H2,1-3H3,(H,50,56)(H,52,53)/t30-,31+,32-/m0/s1. The number of halogens is 6. The minimum atomic E-state index is -3.74. The van der Waals surface area contributed by atoms with Crippen LogP contribution in [0.3, 0.4) is 0 Å². The van der Waals surface area contributed by atoms with E-state index < -0.39 is 101 Å². The van der Waals surface area contributed by atoms with Crippen molar-refractivity contribution >= 4 is 42.5 Å². The van der Waals surface area contributed by atoms with E-state index in [0.717, 1.165) is 12.1 Å². The van der Waals surface area contributed by atoms with Crippen LogP contribution >= 0.6 is 0 Å². The number of fused-ring (bicyclic) bond motifs is 4. The summed E-state index contributed by atoms with van der Waals surface area (Å²) in [4.78, 5) is 19.1. The van der Waals surface area contributed by atoms with Crippen molar-refractivity contribution in [1.82, 2.24) is 29.9 Å². The first-order chi connectivity index (χ1) is 29.2. The third-order valence-corrected chi connectivity index (χ3v) is 17.5. The Morgan fingerprint density at radius 1 is 0.935 bits per heavy atom. The molecule has 3 aromatic heterocycles. The highest BCUT2D eigenvalue weighted by Gasteiger charge is 2.67. The molecule has 0 bridgehead atoms. The Morgan fingerprint density at radius 3 is 2.29 bits per heavy atom. The summed E-state index contributed by atoms with van der Waals surface area (Å²) < 4.78 is 145. The number of sulfone groups is 1. The SMILES string of the molecule is Cn1nc(NS(=O)(=O)C2CC2)c2cccc(-c3ccc(CCC(C)(C)S(=O)(=O)C4CC4)nc3[C@H](Cc3cc(F)cc(F)c3)NC(=O)Cn3nc(C(F)F)c4c3C(F)(F)[C@@H]3C[C@H]43)c21. The van der Waals surface area contributed by atoms with Crippen molar-refractivity contribution in [2.75, 3.05) is 4.72 Å². The first-order valence-corrected chi connectivity index (χ1v) is 23.5. The van der Waals surface area contributed by atoms with E-state index in [0.29, 0.717) is 64.2 Å². The van der Waals surface area contributed by atoms with Gasteiger partial charge in [0.25, 0.3) is 12.3 Å². The average Bonchev–Trinajstić information content (AvgIpc) is 4.07. The Hall–Kier alpha value is -4.98. The molecule has 0 aliphatic heterocycles. The first kappa shape index (κ1) is 42.3. The van der Waals surface area contributed by atoms with Crippen molar-refractivity contribution in [3.63, 3.8) is 0 Å². The first-order valence-electron chi connectivity index (χ1n) is 20.4. The van der Waals surface area contributed by atoms with Crippen molar-refractivity contribution in [3.8, 4) is 11.1 Å². The zero-order valence-corrected chi connectivity index (χ0v) is 35.4. The van der Waals surface area contributed by atoms with Crippen LogP contribution in [0.2, 0.25) is 0 Å². The van der Waals surface area contributed by atoms with E-state index in [1.54, 1.807) is 51.2 Å². The number of aromatic nitrogens is 5. The van der Waals surface area contributed by atoms with Crippen LogP contribution in [0.15, 0.2) is 48.5 Å². The van der Waals surface area contributed by atoms with E-state index in [-0.39, 0.29) is 48.3 Å². The van der Waals surface area contributed by atoms with Gasteiger partial charge in [0.15, 0.2) is 15.7 Å². The molecule has 0 radical (unpaired) electrons. The maximum Gasteiger partial charge on any atom is 0.293 e. The van der Waals surface area contributed by atoms with Crippen molar-refractivity contribution in [3.05, 3.63) is 94.1 Å². The molecule has 1 amide bonds. The van der Waals surface area contributed by atoms with E-state index >= 15 is 8.78 Å². The van der Waals surface area contributed by atoms with Gasteiger partial charge in [-0.25, -0.2) is 34.4 Å². The van der Waals surface area contributed by atoms with Crippen LogP contribution in [0, 0.1) is 17.6 Å². The van der Waals surface area contributed by atoms with Gasteiger partial charge in [0.05, 0.1) is 32.5 Å². The number of nitrogens with one attached hydrogen (secondary N) is 2. The number of anilines is 1. The monoisotopic (exact) mass is 903 g/mol. The van der Waals surface area contributed by atoms with Gasteiger partial charge in [-0.3, -0.25) is 23.9 Å². The van der Waals surface area contributed by atoms with Gasteiger partial charge in [-0.1, -0.05) is 18.2 Å². The highest BCUT2D eigenvalue weighted by molar-refractivity contribution is 7.93. The number of aryl methyl sites for hydroxylation is 2. The Labute approximate surface area is 353 Å². The van der Waals surface area contributed by atoms with Crippen LogP contribution in [0.5, 0.6) is 0 Å². The summed E-state index contributed by atoms with van der Waals surface area (Å²) in [5.74, 6) is -8.18. The van der Waals surface area contributed by atoms with Crippen LogP contribution in [-0.4, -0.2) is 62.5 Å². The topological polar surface area (TPSA) is 158 Å². The lowest BCUT2D eigenvalue weighted by atomic mass is 9.93. The van der Waals surface area contributed by atoms with Crippen molar-refractivity contribution in [1.29, 1.82) is 0 Å². The molecule has 2 N–H and O–H groups in total. The number of sulfonamides is 1. The summed E-state index contributed by atoms with van der Waals surface area (Å²) in [5.41, 5.74) is 0.0563. The fourth-order valence-corrected chi connectivity index (χ4v) is 12.3. The van der Waals surface area contributed by atoms with E-state index in [1.807, 2.05) is 0 Å². The maximum atomic E-state index is 15.5. The molecule has 330 valence electrons. The van der Waals surface area contributed by atoms with Crippen LogP contribution < -0.4 is 10.0 Å². The molecule has 62 heavy (non-hydrogen) atoms. The quantitative estimate of drug-likeness (QED) is 0.0962. The van der Waals surface area contributed by atoms with E-state index in [2.05, 4.69) is 20.2 Å². The molecular formula is C42H43F6N7O5S2. The summed E-state index contributed by atoms with van der Waals surface area (Å²) in [7, 11) is -5.62. The molecule has 4 aliphatic rings. The molecule has 3 saturated carbocycles. The Balaban J connectivity index is 1.15. The highest BCUT2D eigenvalue weighted by atomic mass is 32.2. The molecule has 20 heteroatoms. The number of alkyl halides is 4. The van der Waals surface area contributed by atoms with Gasteiger partial charge in [0, 0.05) is 46.8 Å². The van der Waals surface area contributed by atoms with Gasteiger partial charge >= 0.3 is 0 Å². The number of nitrogens with zero attached hydrogens (tertiary/aromatic N) is 5. The van der Waals surface area contributed by atoms with Crippen molar-refractivity contribution in [2.45, 2.75) is 111 Å². The molecular weight excluding hydrogens is 861 g/mol. The average molecular weight is 904 g/mol. The largest absolute Gasteiger partial charge is 0.346 e. The normalized spacial score (nSPS) is 20.0. The van der Waals surface area contributed by atoms with Gasteiger partial charge < -0.3 is 5.32 Å². The Bertz CT molecular complexity index is 2850. The van der Waals surface area contributed by atoms with Gasteiger partial charge in [0.2, 0.25) is 15.9 Å². The summed E-state index contributed by atoms with van der Waals surface area (Å²) in [6.07, 6.45) is -0.950. The third kappa shape index (κ3) is 7.53. The molecule has 0 spiro atoms. The zero-order valence-electron chi connectivity index (χ0n) is 33.8. The number of rotatable bonds is 16. The minimum Gasteiger partial charge on any atom is -0.346 e. The van der Waals surface area contributed by atoms with E-state index in [9.17, 15) is 39.2 Å². The highest BCUT2D eigenvalue weighted by Crippen LogP contribution is 2.68. The summed E-state index contributed by atoms with van der Waals surface area (Å²) in [6, 6.07) is 9.91. The molecule has 3 atom stereocenters. The van der Waals surface area contributed by atoms with Crippen molar-refractivity contribution < 1.29 is 48.0 Å². The number of carbonyl (C=O) groups excluding carboxylic acids is 1. The molecule has 9 rings (SSSR count). The number of benzene rings is 2. The van der Waals surface area contributed by atoms with E-state index in [4.69, 9.17) is 4.98 Å². The van der Waals surface area contributed by atoms with Crippen LogP contribution in [-0.2, 0) is 57.0 Å². The number of hydrogen-bond donors (Lipinski definition) is 2. The number of hydrogen-bond acceptors (Lipinski definition) is 8. The van der Waals surface area contributed by atoms with E-state index in [1.165, 1.54) is 4.68 Å². The third-order valence-electron chi connectivity index (χ3n) is 12.5. The predicted molar refractivity (Wildman–Crippen MR) is 217 cm³/mol. The smallest absolute Gasteiger partial charge is 0.293 e. The van der Waals surface area contributed by atoms with Gasteiger partial charge in [-0.2, -0.15) is 19.0 Å². The number of pyridine rings is 1. The molecule has 2 aromatic carbocycles. The molecule has 0 saturated heterocycles. The van der Waals surface area contributed by atoms with Crippen LogP contribution in [0.4, 0.5) is 32.2 Å². The van der Waals surface area contributed by atoms with Gasteiger partial charge in [-0.15, -0.1) is 0 Å². The minimum absolute atomic E-state index is 0.0235. The summed E-state index contributed by atoms with van der Waals surface area (Å²) in [5, 5.41) is 10.5. The Kier molecular flexibility index (Phi) is 10.1. The van der Waals surface area contributed by atoms with Crippen LogP contribution in [0.1, 0.15) is 105 Å². The lowest BCUT2D eigenvalue weighted by molar-refractivity contribution is -0.123. The lowest BCUT2D eigenvalue weighted by Crippen LogP contribution is -2.36. The van der Waals surface area contributed by atoms with Crippen molar-refractivity contribution in [2.24, 2.45) is 13.0 Å². The Morgan fingerprint density at radius 2 is 1.63 bits per heavy atom. The molecule has 4 aliphatic carbocycles. The predicted octanol–water partition coefficient (Wildman–Crippen LogP) is 7.55. The summed E-state index contributed by atoms with van der Waals surface area (Å²) in [6.45, 7) is 2.39. The molecule has 3 fully saturated rings. The van der Waals surface area contributed by atoms with Gasteiger partial charge in [0.1, 0.15) is 29.6 Å². The number of amides is 1. The number of para-hydroxylation sites is 1. The fraction of sp³-hybridized carbons (Fsp3) is 0.476. The van der Waals surface area contributed by atoms with Gasteiger partial charge in [-0.05, 0) is 101 Å². The van der Waals surface area contributed by atoms with Crippen LogP contribution in [0.25, 0.3) is 22.0 Å². The molecule has 5 aromatic rings. The summed E-state index contributed by atoms with van der Waals surface area (Å²) >= 11 is 0. The second-order valence-corrected chi connectivity index (χ2v) is 22.4.